The van der Waals surface area contributed by atoms with Gasteiger partial charge < -0.3 is 0 Å². The first-order valence-corrected chi connectivity index (χ1v) is 7.44. The molecular formula is C13H23BrN+. The molecule has 2 heteroatoms. The van der Waals surface area contributed by atoms with E-state index in [0.717, 1.165) is 17.4 Å². The monoisotopic (exact) mass is 272 g/mol. The minimum Gasteiger partial charge on any atom is -0.233 e. The maximum Gasteiger partial charge on any atom is 0.163 e. The molecule has 0 aromatic heterocycles. The molecule has 0 amide bonds. The van der Waals surface area contributed by atoms with Gasteiger partial charge in [-0.3, -0.25) is 0 Å². The van der Waals surface area contributed by atoms with E-state index in [-0.39, 0.29) is 0 Å². The average molecular weight is 273 g/mol. The van der Waals surface area contributed by atoms with Gasteiger partial charge in [-0.25, -0.2) is 4.58 Å². The molecule has 0 spiro atoms. The summed E-state index contributed by atoms with van der Waals surface area (Å²) in [5.41, 5.74) is 0.413. The first-order valence-electron chi connectivity index (χ1n) is 6.32. The van der Waals surface area contributed by atoms with Gasteiger partial charge in [0.1, 0.15) is 6.21 Å². The Labute approximate surface area is 102 Å². The first-order chi connectivity index (χ1) is 7.12. The number of nitrogens with zero attached hydrogens (tertiary/aromatic N) is 1. The van der Waals surface area contributed by atoms with Crippen LogP contribution in [0.3, 0.4) is 0 Å². The van der Waals surface area contributed by atoms with Crippen molar-refractivity contribution >= 4 is 22.1 Å². The third-order valence-electron chi connectivity index (χ3n) is 3.86. The molecule has 0 bridgehead atoms. The lowest BCUT2D eigenvalue weighted by Crippen LogP contribution is -2.34. The molecule has 1 aliphatic heterocycles. The van der Waals surface area contributed by atoms with Crippen molar-refractivity contribution in [3.8, 4) is 0 Å². The maximum absolute atomic E-state index is 3.67. The van der Waals surface area contributed by atoms with Crippen molar-refractivity contribution < 1.29 is 4.58 Å². The van der Waals surface area contributed by atoms with Crippen LogP contribution in [0, 0.1) is 5.41 Å². The van der Waals surface area contributed by atoms with Crippen LogP contribution in [0.25, 0.3) is 0 Å². The van der Waals surface area contributed by atoms with Gasteiger partial charge >= 0.3 is 0 Å². The quantitative estimate of drug-likeness (QED) is 0.534. The largest absolute Gasteiger partial charge is 0.233 e. The number of alkyl halides is 1. The molecule has 1 aliphatic carbocycles. The van der Waals surface area contributed by atoms with E-state index in [1.165, 1.54) is 38.5 Å². The van der Waals surface area contributed by atoms with Crippen LogP contribution in [-0.4, -0.2) is 28.2 Å². The summed E-state index contributed by atoms with van der Waals surface area (Å²) in [6.45, 7) is 4.73. The van der Waals surface area contributed by atoms with Gasteiger partial charge in [0.25, 0.3) is 0 Å². The number of rotatable bonds is 2. The van der Waals surface area contributed by atoms with Gasteiger partial charge in [-0.15, -0.1) is 0 Å². The van der Waals surface area contributed by atoms with Gasteiger partial charge in [0, 0.05) is 24.7 Å². The molecule has 0 aromatic carbocycles. The van der Waals surface area contributed by atoms with Crippen molar-refractivity contribution in [2.75, 3.05) is 5.33 Å². The van der Waals surface area contributed by atoms with Crippen molar-refractivity contribution in [3.05, 3.63) is 0 Å². The summed E-state index contributed by atoms with van der Waals surface area (Å²) < 4.78 is 2.67. The Hall–Kier alpha value is 0.150. The highest BCUT2D eigenvalue weighted by molar-refractivity contribution is 9.09. The molecule has 86 valence electrons. The van der Waals surface area contributed by atoms with Crippen molar-refractivity contribution in [2.24, 2.45) is 5.41 Å². The summed E-state index contributed by atoms with van der Waals surface area (Å²) in [6.07, 6.45) is 11.0. The van der Waals surface area contributed by atoms with Crippen LogP contribution in [-0.2, 0) is 0 Å². The lowest BCUT2D eigenvalue weighted by Gasteiger charge is -2.21. The third kappa shape index (κ3) is 2.64. The predicted molar refractivity (Wildman–Crippen MR) is 69.2 cm³/mol. The molecule has 1 atom stereocenters. The number of halogens is 1. The first kappa shape index (κ1) is 11.6. The van der Waals surface area contributed by atoms with Crippen LogP contribution in [0.1, 0.15) is 52.4 Å². The summed E-state index contributed by atoms with van der Waals surface area (Å²) in [7, 11) is 0. The topological polar surface area (TPSA) is 3.01 Å². The van der Waals surface area contributed by atoms with Gasteiger partial charge in [-0.05, 0) is 12.8 Å². The Morgan fingerprint density at radius 1 is 1.27 bits per heavy atom. The van der Waals surface area contributed by atoms with E-state index in [2.05, 4.69) is 40.6 Å². The second-order valence-electron chi connectivity index (χ2n) is 5.87. The molecule has 1 saturated carbocycles. The molecule has 0 N–H and O–H groups in total. The summed E-state index contributed by atoms with van der Waals surface area (Å²) in [6, 6.07) is 1.58. The van der Waals surface area contributed by atoms with Crippen molar-refractivity contribution in [3.63, 3.8) is 0 Å². The smallest absolute Gasteiger partial charge is 0.163 e. The lowest BCUT2D eigenvalue weighted by atomic mass is 9.91. The number of hydrogen-bond donors (Lipinski definition) is 0. The van der Waals surface area contributed by atoms with Crippen LogP contribution in [0.4, 0.5) is 0 Å². The van der Waals surface area contributed by atoms with E-state index in [1.807, 2.05) is 0 Å². The second kappa shape index (κ2) is 4.57. The Morgan fingerprint density at radius 2 is 1.93 bits per heavy atom. The molecule has 15 heavy (non-hydrogen) atoms. The molecule has 2 aliphatic rings. The van der Waals surface area contributed by atoms with Crippen LogP contribution in [0.5, 0.6) is 0 Å². The summed E-state index contributed by atoms with van der Waals surface area (Å²) >= 11 is 3.67. The zero-order valence-electron chi connectivity index (χ0n) is 10.0. The Bertz CT molecular complexity index is 251. The molecule has 1 unspecified atom stereocenters. The van der Waals surface area contributed by atoms with Crippen LogP contribution >= 0.6 is 15.9 Å². The Kier molecular flexibility index (Phi) is 3.54. The van der Waals surface area contributed by atoms with E-state index >= 15 is 0 Å². The molecule has 1 nitrogen and oxygen atoms in total. The number of hydrogen-bond acceptors (Lipinski definition) is 0. The van der Waals surface area contributed by atoms with Crippen molar-refractivity contribution in [2.45, 2.75) is 64.5 Å². The highest BCUT2D eigenvalue weighted by Gasteiger charge is 2.41. The van der Waals surface area contributed by atoms with E-state index < -0.39 is 0 Å². The maximum atomic E-state index is 3.67. The Balaban J connectivity index is 2.10. The summed E-state index contributed by atoms with van der Waals surface area (Å²) in [4.78, 5) is 0. The highest BCUT2D eigenvalue weighted by Crippen LogP contribution is 2.32. The highest BCUT2D eigenvalue weighted by atomic mass is 79.9. The fourth-order valence-electron chi connectivity index (χ4n) is 3.19. The van der Waals surface area contributed by atoms with E-state index in [4.69, 9.17) is 0 Å². The lowest BCUT2D eigenvalue weighted by molar-refractivity contribution is -0.589. The van der Waals surface area contributed by atoms with E-state index in [0.29, 0.717) is 5.41 Å². The van der Waals surface area contributed by atoms with Gasteiger partial charge in [0.05, 0.1) is 5.33 Å². The SMILES string of the molecule is CC1(C)C=[N+](C2CCCCC2)C(CBr)C1. The standard InChI is InChI=1S/C13H23BrN/c1-13(2)8-12(9-14)15(10-13)11-6-4-3-5-7-11/h10-12H,3-9H2,1-2H3/q+1. The van der Waals surface area contributed by atoms with Gasteiger partial charge in [-0.1, -0.05) is 36.2 Å². The van der Waals surface area contributed by atoms with Gasteiger partial charge in [0.15, 0.2) is 12.1 Å². The molecule has 0 radical (unpaired) electrons. The summed E-state index contributed by atoms with van der Waals surface area (Å²) in [5.74, 6) is 0. The Morgan fingerprint density at radius 3 is 2.53 bits per heavy atom. The zero-order valence-corrected chi connectivity index (χ0v) is 11.6. The predicted octanol–water partition coefficient (Wildman–Crippen LogP) is 3.60. The van der Waals surface area contributed by atoms with Gasteiger partial charge in [-0.2, -0.15) is 0 Å². The van der Waals surface area contributed by atoms with Gasteiger partial charge in [0.2, 0.25) is 0 Å². The molecule has 1 heterocycles. The minimum absolute atomic E-state index is 0.413. The van der Waals surface area contributed by atoms with Crippen molar-refractivity contribution in [1.82, 2.24) is 0 Å². The normalized spacial score (nSPS) is 31.7. The fourth-order valence-corrected chi connectivity index (χ4v) is 3.75. The van der Waals surface area contributed by atoms with E-state index in [1.54, 1.807) is 0 Å². The van der Waals surface area contributed by atoms with Crippen LogP contribution in [0.15, 0.2) is 0 Å². The third-order valence-corrected chi connectivity index (χ3v) is 4.60. The molecule has 0 aromatic rings. The molecular weight excluding hydrogens is 250 g/mol. The molecule has 0 saturated heterocycles. The minimum atomic E-state index is 0.413. The molecule has 1 fully saturated rings. The van der Waals surface area contributed by atoms with Crippen LogP contribution in [0.2, 0.25) is 0 Å². The molecule has 2 rings (SSSR count). The van der Waals surface area contributed by atoms with Crippen LogP contribution < -0.4 is 0 Å². The average Bonchev–Trinajstić information content (AvgIpc) is 2.55. The summed E-state index contributed by atoms with van der Waals surface area (Å²) in [5, 5.41) is 1.13. The zero-order chi connectivity index (χ0) is 10.9. The van der Waals surface area contributed by atoms with Crippen molar-refractivity contribution in [1.29, 1.82) is 0 Å². The van der Waals surface area contributed by atoms with E-state index in [9.17, 15) is 0 Å². The fraction of sp³-hybridized carbons (Fsp3) is 0.923. The second-order valence-corrected chi connectivity index (χ2v) is 6.52.